The zero-order chi connectivity index (χ0) is 15.6. The Morgan fingerprint density at radius 2 is 1.59 bits per heavy atom. The molecule has 1 nitrogen and oxygen atoms in total. The molecule has 0 aromatic carbocycles. The van der Waals surface area contributed by atoms with Crippen LogP contribution in [0.4, 0.5) is 0 Å². The second kappa shape index (κ2) is 10.3. The average Bonchev–Trinajstić information content (AvgIpc) is 2.58. The topological polar surface area (TPSA) is 9.23 Å². The Balaban J connectivity index is 1.63. The molecule has 2 rings (SSSR count). The van der Waals surface area contributed by atoms with Crippen molar-refractivity contribution in [2.75, 3.05) is 6.61 Å². The Kier molecular flexibility index (Phi) is 8.30. The molecule has 0 aromatic heterocycles. The summed E-state index contributed by atoms with van der Waals surface area (Å²) in [6.45, 7) is 6.74. The van der Waals surface area contributed by atoms with E-state index >= 15 is 0 Å². The zero-order valence-electron chi connectivity index (χ0n) is 14.6. The lowest BCUT2D eigenvalue weighted by Crippen LogP contribution is -2.28. The lowest BCUT2D eigenvalue weighted by atomic mass is 9.70. The van der Waals surface area contributed by atoms with E-state index in [-0.39, 0.29) is 0 Å². The third-order valence-corrected chi connectivity index (χ3v) is 5.78. The number of unbranched alkanes of at least 4 members (excludes halogenated alkanes) is 2. The number of rotatable bonds is 8. The molecule has 22 heavy (non-hydrogen) atoms. The van der Waals surface area contributed by atoms with Gasteiger partial charge in [0.05, 0.1) is 12.7 Å². The van der Waals surface area contributed by atoms with E-state index in [9.17, 15) is 0 Å². The van der Waals surface area contributed by atoms with E-state index < -0.39 is 0 Å². The number of hydrogen-bond acceptors (Lipinski definition) is 1. The minimum Gasteiger partial charge on any atom is -0.374 e. The quantitative estimate of drug-likeness (QED) is 0.377. The van der Waals surface area contributed by atoms with Crippen LogP contribution < -0.4 is 0 Å². The van der Waals surface area contributed by atoms with E-state index in [4.69, 9.17) is 4.74 Å². The highest BCUT2D eigenvalue weighted by atomic mass is 16.5. The van der Waals surface area contributed by atoms with Gasteiger partial charge in [-0.25, -0.2) is 0 Å². The van der Waals surface area contributed by atoms with Crippen molar-refractivity contribution < 1.29 is 4.74 Å². The summed E-state index contributed by atoms with van der Waals surface area (Å²) in [6, 6.07) is 0. The maximum Gasteiger partial charge on any atom is 0.0648 e. The summed E-state index contributed by atoms with van der Waals surface area (Å²) >= 11 is 0. The van der Waals surface area contributed by atoms with Gasteiger partial charge >= 0.3 is 0 Å². The summed E-state index contributed by atoms with van der Waals surface area (Å²) in [5.74, 6) is 2.86. The molecule has 0 radical (unpaired) electrons. The summed E-state index contributed by atoms with van der Waals surface area (Å²) in [7, 11) is 0. The molecule has 0 atom stereocenters. The van der Waals surface area contributed by atoms with Crippen molar-refractivity contribution in [2.24, 2.45) is 17.8 Å². The van der Waals surface area contributed by atoms with Crippen LogP contribution >= 0.6 is 0 Å². The number of allylic oxidation sites excluding steroid dienone is 2. The Labute approximate surface area is 138 Å². The maximum absolute atomic E-state index is 5.82. The van der Waals surface area contributed by atoms with Crippen LogP contribution in [0.15, 0.2) is 24.8 Å². The molecule has 1 heteroatoms. The molecule has 0 aromatic rings. The second-order valence-electron chi connectivity index (χ2n) is 7.40. The largest absolute Gasteiger partial charge is 0.374 e. The van der Waals surface area contributed by atoms with Crippen molar-refractivity contribution >= 4 is 0 Å². The van der Waals surface area contributed by atoms with Crippen molar-refractivity contribution in [1.82, 2.24) is 0 Å². The van der Waals surface area contributed by atoms with Gasteiger partial charge in [0.15, 0.2) is 0 Å². The molecule has 0 heterocycles. The lowest BCUT2D eigenvalue weighted by Gasteiger charge is -2.37. The van der Waals surface area contributed by atoms with Crippen LogP contribution in [0, 0.1) is 17.8 Å². The van der Waals surface area contributed by atoms with Gasteiger partial charge in [-0.2, -0.15) is 0 Å². The first-order chi connectivity index (χ1) is 10.8. The SMILES string of the molecule is C=CCOC1CCC([C@H]2CC[C@H](/C=C/CCCC)CC2)CC1. The molecule has 0 bridgehead atoms. The van der Waals surface area contributed by atoms with Crippen LogP contribution in [0.5, 0.6) is 0 Å². The standard InChI is InChI=1S/C21H36O/c1-3-5-6-7-8-18-9-11-19(12-10-18)20-13-15-21(16-14-20)22-17-4-2/h4,7-8,18-21H,2-3,5-6,9-17H2,1H3/b8-7+/t18-,19-,20?,21?. The summed E-state index contributed by atoms with van der Waals surface area (Å²) < 4.78 is 5.82. The first-order valence-corrected chi connectivity index (χ1v) is 9.72. The molecule has 0 N–H and O–H groups in total. The predicted molar refractivity (Wildman–Crippen MR) is 96.0 cm³/mol. The highest BCUT2D eigenvalue weighted by Gasteiger charge is 2.30. The van der Waals surface area contributed by atoms with E-state index in [1.54, 1.807) is 0 Å². The van der Waals surface area contributed by atoms with E-state index in [0.29, 0.717) is 6.10 Å². The second-order valence-corrected chi connectivity index (χ2v) is 7.40. The Bertz CT molecular complexity index is 317. The summed E-state index contributed by atoms with van der Waals surface area (Å²) in [4.78, 5) is 0. The number of ether oxygens (including phenoxy) is 1. The Morgan fingerprint density at radius 1 is 0.955 bits per heavy atom. The Morgan fingerprint density at radius 3 is 2.18 bits per heavy atom. The van der Waals surface area contributed by atoms with Gasteiger partial charge in [-0.05, 0) is 75.5 Å². The van der Waals surface area contributed by atoms with Crippen molar-refractivity contribution in [1.29, 1.82) is 0 Å². The first kappa shape index (κ1) is 17.8. The van der Waals surface area contributed by atoms with Gasteiger partial charge in [0.2, 0.25) is 0 Å². The van der Waals surface area contributed by atoms with Crippen LogP contribution in [0.2, 0.25) is 0 Å². The fraction of sp³-hybridized carbons (Fsp3) is 0.810. The van der Waals surface area contributed by atoms with E-state index in [2.05, 4.69) is 25.7 Å². The molecule has 2 saturated carbocycles. The molecule has 0 saturated heterocycles. The van der Waals surface area contributed by atoms with Crippen LogP contribution in [0.1, 0.15) is 77.6 Å². The summed E-state index contributed by atoms with van der Waals surface area (Å²) in [6.07, 6.45) is 22.4. The van der Waals surface area contributed by atoms with Crippen LogP contribution in [0.3, 0.4) is 0 Å². The fourth-order valence-corrected chi connectivity index (χ4v) is 4.35. The first-order valence-electron chi connectivity index (χ1n) is 9.72. The number of hydrogen-bond donors (Lipinski definition) is 0. The smallest absolute Gasteiger partial charge is 0.0648 e. The van der Waals surface area contributed by atoms with Gasteiger partial charge in [0.1, 0.15) is 0 Å². The van der Waals surface area contributed by atoms with Crippen LogP contribution in [0.25, 0.3) is 0 Å². The molecule has 0 amide bonds. The van der Waals surface area contributed by atoms with Gasteiger partial charge in [0.25, 0.3) is 0 Å². The van der Waals surface area contributed by atoms with Gasteiger partial charge in [-0.1, -0.05) is 38.0 Å². The molecule has 0 unspecified atom stereocenters. The highest BCUT2D eigenvalue weighted by molar-refractivity contribution is 4.92. The molecule has 0 aliphatic heterocycles. The van der Waals surface area contributed by atoms with E-state index in [1.165, 1.54) is 70.6 Å². The van der Waals surface area contributed by atoms with Gasteiger partial charge in [0, 0.05) is 0 Å². The normalized spacial score (nSPS) is 33.1. The molecule has 2 fully saturated rings. The minimum absolute atomic E-state index is 0.507. The van der Waals surface area contributed by atoms with Gasteiger partial charge < -0.3 is 4.74 Å². The highest BCUT2D eigenvalue weighted by Crippen LogP contribution is 2.40. The molecular formula is C21H36O. The lowest BCUT2D eigenvalue weighted by molar-refractivity contribution is 0.0220. The average molecular weight is 305 g/mol. The van der Waals surface area contributed by atoms with E-state index in [1.807, 2.05) is 6.08 Å². The van der Waals surface area contributed by atoms with Crippen molar-refractivity contribution in [2.45, 2.75) is 83.7 Å². The third-order valence-electron chi connectivity index (χ3n) is 5.78. The maximum atomic E-state index is 5.82. The van der Waals surface area contributed by atoms with Crippen molar-refractivity contribution in [3.8, 4) is 0 Å². The summed E-state index contributed by atoms with van der Waals surface area (Å²) in [5, 5.41) is 0. The molecule has 2 aliphatic carbocycles. The monoisotopic (exact) mass is 304 g/mol. The molecular weight excluding hydrogens is 268 g/mol. The minimum atomic E-state index is 0.507. The molecule has 0 spiro atoms. The van der Waals surface area contributed by atoms with Crippen LogP contribution in [-0.4, -0.2) is 12.7 Å². The third kappa shape index (κ3) is 5.91. The van der Waals surface area contributed by atoms with Crippen molar-refractivity contribution in [3.05, 3.63) is 24.8 Å². The van der Waals surface area contributed by atoms with Gasteiger partial charge in [-0.3, -0.25) is 0 Å². The van der Waals surface area contributed by atoms with Crippen molar-refractivity contribution in [3.63, 3.8) is 0 Å². The van der Waals surface area contributed by atoms with Gasteiger partial charge in [-0.15, -0.1) is 6.58 Å². The molecule has 126 valence electrons. The fourth-order valence-electron chi connectivity index (χ4n) is 4.35. The predicted octanol–water partition coefficient (Wildman–Crippen LogP) is 6.30. The zero-order valence-corrected chi connectivity index (χ0v) is 14.6. The Hall–Kier alpha value is -0.560. The summed E-state index contributed by atoms with van der Waals surface area (Å²) in [5.41, 5.74) is 0. The van der Waals surface area contributed by atoms with E-state index in [0.717, 1.165) is 24.4 Å². The van der Waals surface area contributed by atoms with Crippen LogP contribution in [-0.2, 0) is 4.74 Å². The molecule has 2 aliphatic rings.